The van der Waals surface area contributed by atoms with Gasteiger partial charge < -0.3 is 22.1 Å². The van der Waals surface area contributed by atoms with Crippen molar-refractivity contribution in [1.82, 2.24) is 10.6 Å². The largest absolute Gasteiger partial charge is 0.330 e. The second-order valence-corrected chi connectivity index (χ2v) is 18.2. The Hall–Kier alpha value is -0.420. The first-order valence-electron chi connectivity index (χ1n) is 22.5. The quantitative estimate of drug-likeness (QED) is 0.0514. The number of fused-ring (bicyclic) bond motifs is 5. The summed E-state index contributed by atoms with van der Waals surface area (Å²) in [5, 5.41) is 8.04. The van der Waals surface area contributed by atoms with Crippen LogP contribution in [0.2, 0.25) is 0 Å². The van der Waals surface area contributed by atoms with Crippen molar-refractivity contribution in [2.45, 2.75) is 213 Å². The van der Waals surface area contributed by atoms with E-state index in [0.717, 1.165) is 36.8 Å². The molecule has 0 saturated heterocycles. The number of unbranched alkanes of at least 4 members (excludes halogenated alkanes) is 18. The molecule has 0 aromatic carbocycles. The molecule has 4 nitrogen and oxygen atoms in total. The molecular formula is C45H86N4. The van der Waals surface area contributed by atoms with Crippen LogP contribution in [0.1, 0.15) is 201 Å². The van der Waals surface area contributed by atoms with E-state index in [0.29, 0.717) is 22.9 Å². The van der Waals surface area contributed by atoms with Gasteiger partial charge in [0.15, 0.2) is 0 Å². The maximum atomic E-state index is 5.61. The highest BCUT2D eigenvalue weighted by Crippen LogP contribution is 2.67. The highest BCUT2D eigenvalue weighted by molar-refractivity contribution is 5.26. The maximum absolute atomic E-state index is 5.61. The van der Waals surface area contributed by atoms with Crippen LogP contribution in [0.4, 0.5) is 0 Å². The monoisotopic (exact) mass is 683 g/mol. The molecule has 0 aromatic heterocycles. The van der Waals surface area contributed by atoms with Crippen LogP contribution in [0.15, 0.2) is 11.6 Å². The summed E-state index contributed by atoms with van der Waals surface area (Å²) in [6.07, 6.45) is 41.9. The summed E-state index contributed by atoms with van der Waals surface area (Å²) in [6.45, 7) is 12.1. The second-order valence-electron chi connectivity index (χ2n) is 18.2. The lowest BCUT2D eigenvalue weighted by Crippen LogP contribution is -2.53. The Morgan fingerprint density at radius 1 is 0.612 bits per heavy atom. The minimum absolute atomic E-state index is 0.471. The van der Waals surface area contributed by atoms with Crippen LogP contribution in [0, 0.1) is 34.5 Å². The van der Waals surface area contributed by atoms with Crippen molar-refractivity contribution in [3.8, 4) is 0 Å². The molecule has 4 aliphatic carbocycles. The topological polar surface area (TPSA) is 76.1 Å². The summed E-state index contributed by atoms with van der Waals surface area (Å²) in [7, 11) is 0. The standard InChI is InChI=1S/C45H86N4/c1-37(48-34-22-18-14-10-6-4-8-12-16-20-32-46)41-26-27-42-40-25-24-38-36-39(28-30-44(38,2)43(40)29-31-45(41,42)3)49-35-23-19-15-11-7-5-9-13-17-21-33-47/h36-37,39-43,48-49H,4-35,46-47H2,1-3H3/t37-,39+,40+,41-,42+,43+,44+,45-/m1/s1. The zero-order chi connectivity index (χ0) is 34.8. The van der Waals surface area contributed by atoms with Crippen molar-refractivity contribution >= 4 is 0 Å². The Morgan fingerprint density at radius 2 is 1.14 bits per heavy atom. The Morgan fingerprint density at radius 3 is 1.71 bits per heavy atom. The van der Waals surface area contributed by atoms with Crippen LogP contribution >= 0.6 is 0 Å². The zero-order valence-corrected chi connectivity index (χ0v) is 33.3. The van der Waals surface area contributed by atoms with Gasteiger partial charge >= 0.3 is 0 Å². The van der Waals surface area contributed by atoms with E-state index in [-0.39, 0.29) is 0 Å². The van der Waals surface area contributed by atoms with Crippen molar-refractivity contribution in [2.24, 2.45) is 46.0 Å². The lowest BCUT2D eigenvalue weighted by Gasteiger charge is -2.59. The van der Waals surface area contributed by atoms with E-state index in [1.807, 2.05) is 5.57 Å². The molecule has 4 aliphatic rings. The summed E-state index contributed by atoms with van der Waals surface area (Å²) in [6, 6.07) is 1.30. The third-order valence-corrected chi connectivity index (χ3v) is 14.9. The molecule has 0 amide bonds. The van der Waals surface area contributed by atoms with Gasteiger partial charge in [0.05, 0.1) is 0 Å². The predicted molar refractivity (Wildman–Crippen MR) is 215 cm³/mol. The van der Waals surface area contributed by atoms with E-state index in [4.69, 9.17) is 11.5 Å². The maximum Gasteiger partial charge on any atom is 0.0253 e. The van der Waals surface area contributed by atoms with E-state index in [9.17, 15) is 0 Å². The first kappa shape index (κ1) is 41.3. The third-order valence-electron chi connectivity index (χ3n) is 14.9. The molecule has 3 saturated carbocycles. The molecule has 49 heavy (non-hydrogen) atoms. The molecule has 0 radical (unpaired) electrons. The van der Waals surface area contributed by atoms with Gasteiger partial charge in [0.25, 0.3) is 0 Å². The summed E-state index contributed by atoms with van der Waals surface area (Å²) >= 11 is 0. The number of nitrogens with two attached hydrogens (primary N) is 2. The van der Waals surface area contributed by atoms with Crippen LogP contribution in [0.5, 0.6) is 0 Å². The zero-order valence-electron chi connectivity index (χ0n) is 33.3. The molecule has 4 rings (SSSR count). The minimum atomic E-state index is 0.471. The molecular weight excluding hydrogens is 597 g/mol. The summed E-state index contributed by atoms with van der Waals surface area (Å²) in [4.78, 5) is 0. The van der Waals surface area contributed by atoms with Crippen LogP contribution in [0.3, 0.4) is 0 Å². The molecule has 0 aliphatic heterocycles. The number of nitrogens with one attached hydrogen (secondary N) is 2. The van der Waals surface area contributed by atoms with Gasteiger partial charge in [0.1, 0.15) is 0 Å². The fourth-order valence-electron chi connectivity index (χ4n) is 11.9. The van der Waals surface area contributed by atoms with E-state index in [2.05, 4.69) is 37.5 Å². The number of rotatable bonds is 27. The molecule has 8 atom stereocenters. The molecule has 6 N–H and O–H groups in total. The number of allylic oxidation sites excluding steroid dienone is 1. The highest BCUT2D eigenvalue weighted by Gasteiger charge is 2.59. The molecule has 0 aromatic rings. The SMILES string of the molecule is C[C@@H](NCCCCCCCCCCCCN)[C@H]1CC[C@H]2[C@@H]3CCC4=C[C@@H](NCCCCCCCCCCCCN)CC[C@]4(C)[C@H]3CC[C@]12C. The average molecular weight is 683 g/mol. The highest BCUT2D eigenvalue weighted by atomic mass is 14.9. The average Bonchev–Trinajstić information content (AvgIpc) is 3.46. The van der Waals surface area contributed by atoms with E-state index >= 15 is 0 Å². The van der Waals surface area contributed by atoms with Crippen molar-refractivity contribution < 1.29 is 0 Å². The van der Waals surface area contributed by atoms with E-state index in [1.54, 1.807) is 0 Å². The van der Waals surface area contributed by atoms with Gasteiger partial charge in [0.2, 0.25) is 0 Å². The van der Waals surface area contributed by atoms with Crippen LogP contribution in [-0.4, -0.2) is 38.3 Å². The van der Waals surface area contributed by atoms with Gasteiger partial charge in [-0.1, -0.05) is 128 Å². The second kappa shape index (κ2) is 22.6. The fourth-order valence-corrected chi connectivity index (χ4v) is 11.9. The summed E-state index contributed by atoms with van der Waals surface area (Å²) in [5.41, 5.74) is 14.1. The van der Waals surface area contributed by atoms with Crippen LogP contribution < -0.4 is 22.1 Å². The number of hydrogen-bond donors (Lipinski definition) is 4. The predicted octanol–water partition coefficient (Wildman–Crippen LogP) is 11.2. The van der Waals surface area contributed by atoms with Gasteiger partial charge in [-0.2, -0.15) is 0 Å². The Kier molecular flexibility index (Phi) is 19.1. The lowest BCUT2D eigenvalue weighted by molar-refractivity contribution is -0.0560. The van der Waals surface area contributed by atoms with Crippen molar-refractivity contribution in [2.75, 3.05) is 26.2 Å². The van der Waals surface area contributed by atoms with Gasteiger partial charge in [-0.3, -0.25) is 0 Å². The van der Waals surface area contributed by atoms with E-state index in [1.165, 1.54) is 193 Å². The van der Waals surface area contributed by atoms with Crippen LogP contribution in [0.25, 0.3) is 0 Å². The molecule has 0 spiro atoms. The van der Waals surface area contributed by atoms with Gasteiger partial charge in [-0.05, 0) is 145 Å². The summed E-state index contributed by atoms with van der Waals surface area (Å²) < 4.78 is 0. The first-order valence-corrected chi connectivity index (χ1v) is 22.5. The van der Waals surface area contributed by atoms with Gasteiger partial charge in [-0.15, -0.1) is 0 Å². The molecule has 0 unspecified atom stereocenters. The third kappa shape index (κ3) is 12.3. The van der Waals surface area contributed by atoms with E-state index < -0.39 is 0 Å². The summed E-state index contributed by atoms with van der Waals surface area (Å²) in [5.74, 6) is 3.73. The normalized spacial score (nSPS) is 31.6. The molecule has 0 heterocycles. The lowest BCUT2D eigenvalue weighted by atomic mass is 9.46. The fraction of sp³-hybridized carbons (Fsp3) is 0.956. The number of hydrogen-bond acceptors (Lipinski definition) is 4. The molecule has 286 valence electrons. The minimum Gasteiger partial charge on any atom is -0.330 e. The van der Waals surface area contributed by atoms with Gasteiger partial charge in [-0.25, -0.2) is 0 Å². The molecule has 4 heteroatoms. The van der Waals surface area contributed by atoms with Crippen molar-refractivity contribution in [1.29, 1.82) is 0 Å². The Balaban J connectivity index is 1.11. The smallest absolute Gasteiger partial charge is 0.0253 e. The molecule has 3 fully saturated rings. The Bertz CT molecular complexity index is 902. The first-order chi connectivity index (χ1) is 23.9. The van der Waals surface area contributed by atoms with Crippen molar-refractivity contribution in [3.05, 3.63) is 11.6 Å². The Labute approximate surface area is 306 Å². The molecule has 0 bridgehead atoms. The van der Waals surface area contributed by atoms with Gasteiger partial charge in [0, 0.05) is 12.1 Å². The van der Waals surface area contributed by atoms with Crippen LogP contribution in [-0.2, 0) is 0 Å². The van der Waals surface area contributed by atoms with Crippen molar-refractivity contribution in [3.63, 3.8) is 0 Å².